The second-order valence-electron chi connectivity index (χ2n) is 6.62. The van der Waals surface area contributed by atoms with Crippen molar-refractivity contribution in [2.24, 2.45) is 0 Å². The van der Waals surface area contributed by atoms with Gasteiger partial charge in [0.2, 0.25) is 0 Å². The Bertz CT molecular complexity index is 1000. The van der Waals surface area contributed by atoms with Crippen molar-refractivity contribution in [1.82, 2.24) is 15.1 Å². The van der Waals surface area contributed by atoms with E-state index in [4.69, 9.17) is 11.6 Å². The summed E-state index contributed by atoms with van der Waals surface area (Å²) in [4.78, 5) is 13.4. The first-order chi connectivity index (χ1) is 13.8. The summed E-state index contributed by atoms with van der Waals surface area (Å²) < 4.78 is 42.0. The van der Waals surface area contributed by atoms with Gasteiger partial charge in [-0.15, -0.1) is 11.3 Å². The summed E-state index contributed by atoms with van der Waals surface area (Å²) in [6, 6.07) is 10.0. The number of halogens is 4. The summed E-state index contributed by atoms with van der Waals surface area (Å²) in [5, 5.41) is 11.3. The topological polar surface area (TPSA) is 59.0 Å². The summed E-state index contributed by atoms with van der Waals surface area (Å²) >= 11 is 7.75. The van der Waals surface area contributed by atoms with E-state index in [0.717, 1.165) is 9.56 Å². The molecule has 0 aliphatic carbocycles. The van der Waals surface area contributed by atoms with Crippen LogP contribution in [0.3, 0.4) is 0 Å². The number of amides is 1. The van der Waals surface area contributed by atoms with Crippen molar-refractivity contribution in [3.05, 3.63) is 69.0 Å². The summed E-state index contributed by atoms with van der Waals surface area (Å²) in [6.07, 6.45) is -4.79. The van der Waals surface area contributed by atoms with Crippen molar-refractivity contribution in [3.63, 3.8) is 0 Å². The van der Waals surface area contributed by atoms with Gasteiger partial charge in [0.15, 0.2) is 11.7 Å². The summed E-state index contributed by atoms with van der Waals surface area (Å²) in [5.74, 6) is -0.625. The number of benzene rings is 1. The maximum Gasteiger partial charge on any atom is 0.410 e. The van der Waals surface area contributed by atoms with E-state index < -0.39 is 24.2 Å². The summed E-state index contributed by atoms with van der Waals surface area (Å²) in [6.45, 7) is 0.248. The second kappa shape index (κ2) is 7.72. The highest BCUT2D eigenvalue weighted by Crippen LogP contribution is 2.46. The Balaban J connectivity index is 1.65. The predicted molar refractivity (Wildman–Crippen MR) is 105 cm³/mol. The Morgan fingerprint density at radius 1 is 1.28 bits per heavy atom. The maximum absolute atomic E-state index is 13.8. The van der Waals surface area contributed by atoms with Gasteiger partial charge in [0.1, 0.15) is 10.8 Å². The highest BCUT2D eigenvalue weighted by Gasteiger charge is 2.47. The van der Waals surface area contributed by atoms with E-state index in [0.29, 0.717) is 5.56 Å². The molecule has 3 aromatic rings. The van der Waals surface area contributed by atoms with Crippen molar-refractivity contribution < 1.29 is 18.0 Å². The highest BCUT2D eigenvalue weighted by molar-refractivity contribution is 7.09. The first-order valence-corrected chi connectivity index (χ1v) is 10.1. The van der Waals surface area contributed by atoms with Crippen LogP contribution in [0.4, 0.5) is 19.0 Å². The monoisotopic (exact) mass is 440 g/mol. The first-order valence-electron chi connectivity index (χ1n) is 8.81. The molecule has 29 heavy (non-hydrogen) atoms. The Morgan fingerprint density at radius 2 is 2.03 bits per heavy atom. The smallest absolute Gasteiger partial charge is 0.362 e. The molecule has 1 aromatic carbocycles. The van der Waals surface area contributed by atoms with Gasteiger partial charge in [0.05, 0.1) is 12.6 Å². The van der Waals surface area contributed by atoms with Gasteiger partial charge in [-0.2, -0.15) is 18.3 Å². The molecular formula is C19H16ClF3N4OS. The fraction of sp³-hybridized carbons (Fsp3) is 0.263. The minimum atomic E-state index is -4.54. The number of rotatable bonds is 4. The SMILES string of the molecule is O=C(NCc1cccs1)c1nn2c(c1Cl)N[C@@H](c1ccccc1)C[C@@H]2C(F)(F)F. The van der Waals surface area contributed by atoms with Gasteiger partial charge >= 0.3 is 6.18 Å². The van der Waals surface area contributed by atoms with Crippen LogP contribution in [-0.4, -0.2) is 21.9 Å². The normalized spacial score (nSPS) is 18.8. The molecule has 0 saturated heterocycles. The molecule has 10 heteroatoms. The van der Waals surface area contributed by atoms with Crippen molar-refractivity contribution >= 4 is 34.7 Å². The lowest BCUT2D eigenvalue weighted by molar-refractivity contribution is -0.173. The zero-order valence-corrected chi connectivity index (χ0v) is 16.5. The van der Waals surface area contributed by atoms with Crippen LogP contribution in [0.15, 0.2) is 47.8 Å². The zero-order chi connectivity index (χ0) is 20.6. The van der Waals surface area contributed by atoms with Crippen molar-refractivity contribution in [1.29, 1.82) is 0 Å². The number of thiophene rings is 1. The molecule has 2 N–H and O–H groups in total. The van der Waals surface area contributed by atoms with E-state index in [2.05, 4.69) is 15.7 Å². The molecule has 1 aliphatic heterocycles. The van der Waals surface area contributed by atoms with E-state index in [1.165, 1.54) is 11.3 Å². The number of aromatic nitrogens is 2. The zero-order valence-electron chi connectivity index (χ0n) is 14.9. The fourth-order valence-electron chi connectivity index (χ4n) is 3.30. The molecule has 0 spiro atoms. The molecule has 2 aromatic heterocycles. The van der Waals surface area contributed by atoms with Crippen molar-refractivity contribution in [2.45, 2.75) is 31.2 Å². The predicted octanol–water partition coefficient (Wildman–Crippen LogP) is 5.19. The quantitative estimate of drug-likeness (QED) is 0.587. The van der Waals surface area contributed by atoms with Crippen LogP contribution in [0.2, 0.25) is 5.02 Å². The molecule has 152 valence electrons. The van der Waals surface area contributed by atoms with E-state index in [1.807, 2.05) is 17.5 Å². The lowest BCUT2D eigenvalue weighted by Gasteiger charge is -2.33. The van der Waals surface area contributed by atoms with Crippen LogP contribution >= 0.6 is 22.9 Å². The van der Waals surface area contributed by atoms with Gasteiger partial charge in [-0.1, -0.05) is 48.0 Å². The summed E-state index contributed by atoms with van der Waals surface area (Å²) in [5.41, 5.74) is 0.475. The standard InChI is InChI=1S/C19H16ClF3N4OS/c20-15-16(18(28)24-10-12-7-4-8-29-12)26-27-14(19(21,22)23)9-13(25-17(15)27)11-5-2-1-3-6-11/h1-8,13-14,25H,9-10H2,(H,24,28)/t13-,14-/m1/s1. The van der Waals surface area contributed by atoms with Crippen LogP contribution < -0.4 is 10.6 Å². The molecule has 0 bridgehead atoms. The van der Waals surface area contributed by atoms with Gasteiger partial charge in [-0.25, -0.2) is 4.68 Å². The van der Waals surface area contributed by atoms with E-state index in [9.17, 15) is 18.0 Å². The number of carbonyl (C=O) groups excluding carboxylic acids is 1. The van der Waals surface area contributed by atoms with Crippen LogP contribution in [0, 0.1) is 0 Å². The van der Waals surface area contributed by atoms with Crippen molar-refractivity contribution in [3.8, 4) is 0 Å². The average Bonchev–Trinajstić information content (AvgIpc) is 3.33. The Labute approximate surface area is 173 Å². The largest absolute Gasteiger partial charge is 0.410 e. The van der Waals surface area contributed by atoms with Gasteiger partial charge in [0.25, 0.3) is 5.91 Å². The third kappa shape index (κ3) is 3.97. The fourth-order valence-corrected chi connectivity index (χ4v) is 4.21. The Hall–Kier alpha value is -2.52. The van der Waals surface area contributed by atoms with E-state index in [1.54, 1.807) is 30.3 Å². The van der Waals surface area contributed by atoms with E-state index in [-0.39, 0.29) is 29.5 Å². The molecule has 0 radical (unpaired) electrons. The number of anilines is 1. The van der Waals surface area contributed by atoms with Crippen LogP contribution in [0.1, 0.15) is 39.4 Å². The minimum Gasteiger partial charge on any atom is -0.362 e. The average molecular weight is 441 g/mol. The van der Waals surface area contributed by atoms with Crippen LogP contribution in [-0.2, 0) is 6.54 Å². The molecule has 1 aliphatic rings. The van der Waals surface area contributed by atoms with Gasteiger partial charge in [0, 0.05) is 11.3 Å². The molecule has 0 saturated carbocycles. The van der Waals surface area contributed by atoms with Gasteiger partial charge in [-0.3, -0.25) is 4.79 Å². The Kier molecular flexibility index (Phi) is 5.26. The number of carbonyl (C=O) groups is 1. The molecule has 2 atom stereocenters. The third-order valence-corrected chi connectivity index (χ3v) is 5.95. The van der Waals surface area contributed by atoms with E-state index >= 15 is 0 Å². The molecule has 5 nitrogen and oxygen atoms in total. The number of nitrogens with zero attached hydrogens (tertiary/aromatic N) is 2. The molecule has 3 heterocycles. The lowest BCUT2D eigenvalue weighted by Crippen LogP contribution is -2.35. The number of alkyl halides is 3. The summed E-state index contributed by atoms with van der Waals surface area (Å²) in [7, 11) is 0. The first kappa shape index (κ1) is 19.8. The number of fused-ring (bicyclic) bond motifs is 1. The third-order valence-electron chi connectivity index (χ3n) is 4.72. The number of hydrogen-bond acceptors (Lipinski definition) is 4. The highest BCUT2D eigenvalue weighted by atomic mass is 35.5. The second-order valence-corrected chi connectivity index (χ2v) is 8.03. The Morgan fingerprint density at radius 3 is 2.69 bits per heavy atom. The van der Waals surface area contributed by atoms with Crippen molar-refractivity contribution in [2.75, 3.05) is 5.32 Å². The molecule has 0 unspecified atom stereocenters. The van der Waals surface area contributed by atoms with Crippen LogP contribution in [0.5, 0.6) is 0 Å². The maximum atomic E-state index is 13.8. The minimum absolute atomic E-state index is 0.00429. The van der Waals surface area contributed by atoms with Gasteiger partial charge in [-0.05, 0) is 17.0 Å². The number of nitrogens with one attached hydrogen (secondary N) is 2. The van der Waals surface area contributed by atoms with Crippen LogP contribution in [0.25, 0.3) is 0 Å². The van der Waals surface area contributed by atoms with Gasteiger partial charge < -0.3 is 10.6 Å². The molecular weight excluding hydrogens is 425 g/mol. The molecule has 1 amide bonds. The number of hydrogen-bond donors (Lipinski definition) is 2. The molecule has 0 fully saturated rings. The lowest BCUT2D eigenvalue weighted by atomic mass is 9.97. The molecule has 4 rings (SSSR count).